The Balaban J connectivity index is 4.10. The molecule has 0 radical (unpaired) electrons. The highest BCUT2D eigenvalue weighted by atomic mass is 16.6. The molecular weight excluding hydrogens is 805 g/mol. The number of carbonyl (C=O) groups excluding carboxylic acids is 3. The summed E-state index contributed by atoms with van der Waals surface area (Å²) in [7, 11) is 0. The van der Waals surface area contributed by atoms with Crippen LogP contribution < -0.4 is 0 Å². The van der Waals surface area contributed by atoms with Gasteiger partial charge in [0.05, 0.1) is 0 Å². The van der Waals surface area contributed by atoms with Crippen molar-refractivity contribution in [2.24, 2.45) is 0 Å². The van der Waals surface area contributed by atoms with Gasteiger partial charge in [-0.3, -0.25) is 14.4 Å². The molecule has 65 heavy (non-hydrogen) atoms. The quantitative estimate of drug-likeness (QED) is 0.0262. The fourth-order valence-corrected chi connectivity index (χ4v) is 8.55. The number of unbranched alkanes of at least 4 members (excludes halogenated alkanes) is 38. The molecule has 0 fully saturated rings. The number of ether oxygens (including phenoxy) is 3. The van der Waals surface area contributed by atoms with E-state index in [0.717, 1.165) is 64.2 Å². The van der Waals surface area contributed by atoms with E-state index < -0.39 is 6.10 Å². The Morgan fingerprint density at radius 2 is 0.508 bits per heavy atom. The predicted molar refractivity (Wildman–Crippen MR) is 279 cm³/mol. The number of esters is 3. The van der Waals surface area contributed by atoms with E-state index in [9.17, 15) is 14.4 Å². The highest BCUT2D eigenvalue weighted by Crippen LogP contribution is 2.16. The lowest BCUT2D eigenvalue weighted by atomic mass is 10.0. The van der Waals surface area contributed by atoms with E-state index in [1.165, 1.54) is 212 Å². The molecule has 0 spiro atoms. The van der Waals surface area contributed by atoms with Crippen LogP contribution in [0.15, 0.2) is 24.3 Å². The summed E-state index contributed by atoms with van der Waals surface area (Å²) in [6.07, 6.45) is 63.4. The van der Waals surface area contributed by atoms with Crippen molar-refractivity contribution in [2.45, 2.75) is 322 Å². The summed E-state index contributed by atoms with van der Waals surface area (Å²) in [5.41, 5.74) is 0. The fraction of sp³-hybridized carbons (Fsp3) is 0.881. The highest BCUT2D eigenvalue weighted by Gasteiger charge is 2.19. The Labute approximate surface area is 404 Å². The zero-order valence-corrected chi connectivity index (χ0v) is 43.8. The van der Waals surface area contributed by atoms with Crippen LogP contribution >= 0.6 is 0 Å². The van der Waals surface area contributed by atoms with Crippen molar-refractivity contribution in [1.82, 2.24) is 0 Å². The summed E-state index contributed by atoms with van der Waals surface area (Å²) < 4.78 is 16.8. The minimum Gasteiger partial charge on any atom is -0.462 e. The van der Waals surface area contributed by atoms with Crippen LogP contribution in [0.25, 0.3) is 0 Å². The van der Waals surface area contributed by atoms with Crippen molar-refractivity contribution in [3.8, 4) is 0 Å². The standard InChI is InChI=1S/C59H110O6/c1-4-7-10-13-16-18-20-22-24-25-26-27-28-29-30-31-32-33-35-36-38-40-43-46-49-52-58(61)64-55-56(54-63-57(60)51-48-45-42-15-12-9-6-3)65-59(62)53-50-47-44-41-39-37-34-23-21-19-17-14-11-8-5-2/h23,25-26,34,56H,4-22,24,27-33,35-55H2,1-3H3/b26-25-,34-23-. The van der Waals surface area contributed by atoms with Crippen LogP contribution in [-0.2, 0) is 28.6 Å². The monoisotopic (exact) mass is 915 g/mol. The van der Waals surface area contributed by atoms with Gasteiger partial charge in [-0.2, -0.15) is 0 Å². The van der Waals surface area contributed by atoms with E-state index >= 15 is 0 Å². The third kappa shape index (κ3) is 52.7. The van der Waals surface area contributed by atoms with Crippen LogP contribution in [0.4, 0.5) is 0 Å². The SMILES string of the molecule is CCCCCCCC/C=C\CCCCCCCC(=O)OC(COC(=O)CCCCCCCCC)COC(=O)CCCCCCCCCCCCCCC/C=C\CCCCCCCCCC. The Kier molecular flexibility index (Phi) is 52.7. The van der Waals surface area contributed by atoms with Gasteiger partial charge in [-0.1, -0.05) is 251 Å². The van der Waals surface area contributed by atoms with Gasteiger partial charge in [-0.15, -0.1) is 0 Å². The molecule has 0 aliphatic heterocycles. The van der Waals surface area contributed by atoms with Crippen molar-refractivity contribution in [1.29, 1.82) is 0 Å². The Hall–Kier alpha value is -2.11. The molecule has 1 atom stereocenters. The molecule has 6 heteroatoms. The second-order valence-electron chi connectivity index (χ2n) is 19.6. The number of carbonyl (C=O) groups is 3. The van der Waals surface area contributed by atoms with Crippen LogP contribution in [-0.4, -0.2) is 37.2 Å². The summed E-state index contributed by atoms with van der Waals surface area (Å²) in [5.74, 6) is -0.871. The first-order chi connectivity index (χ1) is 32.0. The molecule has 0 heterocycles. The lowest BCUT2D eigenvalue weighted by Gasteiger charge is -2.18. The Bertz CT molecular complexity index is 1050. The zero-order valence-electron chi connectivity index (χ0n) is 43.8. The smallest absolute Gasteiger partial charge is 0.306 e. The first-order valence-electron chi connectivity index (χ1n) is 28.8. The van der Waals surface area contributed by atoms with E-state index in [4.69, 9.17) is 14.2 Å². The maximum absolute atomic E-state index is 12.8. The summed E-state index contributed by atoms with van der Waals surface area (Å²) in [5, 5.41) is 0. The van der Waals surface area contributed by atoms with Gasteiger partial charge in [0.1, 0.15) is 13.2 Å². The topological polar surface area (TPSA) is 78.9 Å². The van der Waals surface area contributed by atoms with Crippen LogP contribution in [0.3, 0.4) is 0 Å². The maximum atomic E-state index is 12.8. The molecule has 1 unspecified atom stereocenters. The van der Waals surface area contributed by atoms with Crippen LogP contribution in [0, 0.1) is 0 Å². The fourth-order valence-electron chi connectivity index (χ4n) is 8.55. The average Bonchev–Trinajstić information content (AvgIpc) is 3.30. The summed E-state index contributed by atoms with van der Waals surface area (Å²) >= 11 is 0. The molecular formula is C59H110O6. The number of hydrogen-bond acceptors (Lipinski definition) is 6. The molecule has 0 bridgehead atoms. The van der Waals surface area contributed by atoms with Gasteiger partial charge in [0.25, 0.3) is 0 Å². The van der Waals surface area contributed by atoms with Gasteiger partial charge >= 0.3 is 17.9 Å². The van der Waals surface area contributed by atoms with Crippen molar-refractivity contribution >= 4 is 17.9 Å². The van der Waals surface area contributed by atoms with Gasteiger partial charge in [-0.25, -0.2) is 0 Å². The normalized spacial score (nSPS) is 12.1. The molecule has 0 aliphatic carbocycles. The molecule has 0 saturated carbocycles. The van der Waals surface area contributed by atoms with E-state index in [0.29, 0.717) is 19.3 Å². The van der Waals surface area contributed by atoms with Gasteiger partial charge in [-0.05, 0) is 70.6 Å². The Morgan fingerprint density at radius 3 is 0.769 bits per heavy atom. The molecule has 0 amide bonds. The van der Waals surface area contributed by atoms with Crippen molar-refractivity contribution in [3.05, 3.63) is 24.3 Å². The predicted octanol–water partition coefficient (Wildman–Crippen LogP) is 19.1. The van der Waals surface area contributed by atoms with Crippen molar-refractivity contribution in [2.75, 3.05) is 13.2 Å². The molecule has 6 nitrogen and oxygen atoms in total. The molecule has 0 aromatic rings. The summed E-state index contributed by atoms with van der Waals surface area (Å²) in [6, 6.07) is 0. The van der Waals surface area contributed by atoms with E-state index in [1.807, 2.05) is 0 Å². The van der Waals surface area contributed by atoms with E-state index in [2.05, 4.69) is 45.1 Å². The van der Waals surface area contributed by atoms with Crippen molar-refractivity contribution < 1.29 is 28.6 Å². The molecule has 0 saturated heterocycles. The number of rotatable bonds is 53. The highest BCUT2D eigenvalue weighted by molar-refractivity contribution is 5.71. The average molecular weight is 916 g/mol. The second kappa shape index (κ2) is 54.5. The molecule has 382 valence electrons. The van der Waals surface area contributed by atoms with E-state index in [-0.39, 0.29) is 31.1 Å². The summed E-state index contributed by atoms with van der Waals surface area (Å²) in [6.45, 7) is 6.62. The minimum absolute atomic E-state index is 0.0710. The lowest BCUT2D eigenvalue weighted by Crippen LogP contribution is -2.30. The molecule has 0 aromatic heterocycles. The van der Waals surface area contributed by atoms with Gasteiger partial charge in [0, 0.05) is 19.3 Å². The molecule has 0 aliphatic rings. The number of allylic oxidation sites excluding steroid dienone is 4. The van der Waals surface area contributed by atoms with Crippen LogP contribution in [0.5, 0.6) is 0 Å². The second-order valence-corrected chi connectivity index (χ2v) is 19.6. The zero-order chi connectivity index (χ0) is 47.2. The first kappa shape index (κ1) is 62.9. The molecule has 0 rings (SSSR count). The lowest BCUT2D eigenvalue weighted by molar-refractivity contribution is -0.167. The van der Waals surface area contributed by atoms with Crippen LogP contribution in [0.2, 0.25) is 0 Å². The third-order valence-corrected chi connectivity index (χ3v) is 12.9. The Morgan fingerprint density at radius 1 is 0.292 bits per heavy atom. The van der Waals surface area contributed by atoms with E-state index in [1.54, 1.807) is 0 Å². The largest absolute Gasteiger partial charge is 0.462 e. The van der Waals surface area contributed by atoms with Crippen LogP contribution in [0.1, 0.15) is 316 Å². The van der Waals surface area contributed by atoms with Gasteiger partial charge in [0.2, 0.25) is 0 Å². The molecule has 0 aromatic carbocycles. The third-order valence-electron chi connectivity index (χ3n) is 12.9. The van der Waals surface area contributed by atoms with Crippen molar-refractivity contribution in [3.63, 3.8) is 0 Å². The van der Waals surface area contributed by atoms with Gasteiger partial charge in [0.15, 0.2) is 6.10 Å². The first-order valence-corrected chi connectivity index (χ1v) is 28.8. The minimum atomic E-state index is -0.769. The number of hydrogen-bond donors (Lipinski definition) is 0. The summed E-state index contributed by atoms with van der Waals surface area (Å²) in [4.78, 5) is 37.9. The molecule has 0 N–H and O–H groups in total. The van der Waals surface area contributed by atoms with Gasteiger partial charge < -0.3 is 14.2 Å². The maximum Gasteiger partial charge on any atom is 0.306 e.